The molecule has 1 N–H and O–H groups in total. The van der Waals surface area contributed by atoms with E-state index in [9.17, 15) is 4.79 Å². The molecule has 0 aliphatic carbocycles. The number of hydrogen-bond acceptors (Lipinski definition) is 3. The Morgan fingerprint density at radius 2 is 1.94 bits per heavy atom. The van der Waals surface area contributed by atoms with Crippen LogP contribution in [0.2, 0.25) is 0 Å². The van der Waals surface area contributed by atoms with Gasteiger partial charge in [0.15, 0.2) is 7.98 Å². The largest absolute Gasteiger partial charge is 0.478 e. The second-order valence-electron chi connectivity index (χ2n) is 4.76. The van der Waals surface area contributed by atoms with Crippen molar-refractivity contribution in [2.75, 3.05) is 13.2 Å². The Labute approximate surface area is 108 Å². The van der Waals surface area contributed by atoms with Gasteiger partial charge < -0.3 is 14.7 Å². The molecule has 0 radical (unpaired) electrons. The monoisotopic (exact) mass is 247 g/mol. The smallest absolute Gasteiger partial charge is 0.335 e. The van der Waals surface area contributed by atoms with E-state index >= 15 is 0 Å². The molecule has 1 fully saturated rings. The minimum atomic E-state index is -0.876. The van der Waals surface area contributed by atoms with Crippen molar-refractivity contribution >= 4 is 14.0 Å². The maximum atomic E-state index is 10.8. The fourth-order valence-electron chi connectivity index (χ4n) is 2.30. The van der Waals surface area contributed by atoms with Gasteiger partial charge in [-0.15, -0.1) is 0 Å². The zero-order chi connectivity index (χ0) is 13.0. The first-order valence-electron chi connectivity index (χ1n) is 6.27. The Morgan fingerprint density at radius 3 is 2.50 bits per heavy atom. The highest BCUT2D eigenvalue weighted by atomic mass is 16.5. The van der Waals surface area contributed by atoms with Crippen molar-refractivity contribution in [3.63, 3.8) is 0 Å². The van der Waals surface area contributed by atoms with Crippen LogP contribution < -0.4 is 0 Å². The third-order valence-electron chi connectivity index (χ3n) is 3.45. The predicted octanol–water partition coefficient (Wildman–Crippen LogP) is 0.914. The van der Waals surface area contributed by atoms with Gasteiger partial charge in [0.1, 0.15) is 0 Å². The lowest BCUT2D eigenvalue weighted by molar-refractivity contribution is 0.0573. The number of ether oxygens (including phenoxy) is 1. The number of carboxylic acids is 1. The molecule has 5 heteroatoms. The van der Waals surface area contributed by atoms with E-state index in [-0.39, 0.29) is 0 Å². The third-order valence-corrected chi connectivity index (χ3v) is 3.45. The molecule has 18 heavy (non-hydrogen) atoms. The van der Waals surface area contributed by atoms with Crippen LogP contribution in [-0.4, -0.2) is 43.1 Å². The fraction of sp³-hybridized carbons (Fsp3) is 0.462. The van der Waals surface area contributed by atoms with Crippen LogP contribution in [0.4, 0.5) is 0 Å². The highest BCUT2D eigenvalue weighted by molar-refractivity contribution is 6.04. The van der Waals surface area contributed by atoms with E-state index in [4.69, 9.17) is 9.84 Å². The summed E-state index contributed by atoms with van der Waals surface area (Å²) in [4.78, 5) is 13.1. The van der Waals surface area contributed by atoms with Gasteiger partial charge in [0, 0.05) is 25.8 Å². The Hall–Kier alpha value is -1.33. The molecule has 96 valence electrons. The van der Waals surface area contributed by atoms with Gasteiger partial charge in [0.25, 0.3) is 0 Å². The first-order valence-corrected chi connectivity index (χ1v) is 6.27. The molecule has 0 bridgehead atoms. The Kier molecular flexibility index (Phi) is 4.39. The average molecular weight is 247 g/mol. The topological polar surface area (TPSA) is 49.8 Å². The lowest BCUT2D eigenvalue weighted by atomic mass is 10.0. The summed E-state index contributed by atoms with van der Waals surface area (Å²) < 4.78 is 5.35. The van der Waals surface area contributed by atoms with Crippen LogP contribution in [0.3, 0.4) is 0 Å². The highest BCUT2D eigenvalue weighted by Gasteiger charge is 2.17. The van der Waals surface area contributed by atoms with Gasteiger partial charge in [-0.2, -0.15) is 0 Å². The van der Waals surface area contributed by atoms with Gasteiger partial charge >= 0.3 is 5.97 Å². The maximum absolute atomic E-state index is 10.8. The van der Waals surface area contributed by atoms with Gasteiger partial charge in [0.2, 0.25) is 0 Å². The summed E-state index contributed by atoms with van der Waals surface area (Å²) in [5, 5.41) is 8.84. The van der Waals surface area contributed by atoms with E-state index in [1.807, 2.05) is 12.1 Å². The molecule has 1 aromatic carbocycles. The first kappa shape index (κ1) is 13.1. The van der Waals surface area contributed by atoms with Crippen molar-refractivity contribution < 1.29 is 14.6 Å². The number of nitrogens with zero attached hydrogens (tertiary/aromatic N) is 1. The minimum Gasteiger partial charge on any atom is -0.478 e. The summed E-state index contributed by atoms with van der Waals surface area (Å²) in [6.45, 7) is 2.53. The van der Waals surface area contributed by atoms with Crippen LogP contribution in [-0.2, 0) is 11.3 Å². The molecule has 0 saturated carbocycles. The molecule has 0 amide bonds. The lowest BCUT2D eigenvalue weighted by Gasteiger charge is -2.31. The molecule has 0 atom stereocenters. The highest BCUT2D eigenvalue weighted by Crippen LogP contribution is 2.15. The second kappa shape index (κ2) is 6.02. The molecule has 1 aliphatic heterocycles. The normalized spacial score (nSPS) is 16.9. The SMILES string of the molecule is BN(Cc1ccc(C(=O)O)cc1)C1CCOCC1. The van der Waals surface area contributed by atoms with E-state index in [1.165, 1.54) is 0 Å². The zero-order valence-electron chi connectivity index (χ0n) is 10.6. The van der Waals surface area contributed by atoms with Gasteiger partial charge in [-0.1, -0.05) is 12.1 Å². The van der Waals surface area contributed by atoms with Gasteiger partial charge in [-0.3, -0.25) is 0 Å². The van der Waals surface area contributed by atoms with E-state index in [0.29, 0.717) is 11.6 Å². The van der Waals surface area contributed by atoms with Crippen molar-refractivity contribution in [3.05, 3.63) is 35.4 Å². The van der Waals surface area contributed by atoms with Crippen molar-refractivity contribution in [1.82, 2.24) is 4.81 Å². The molecule has 0 spiro atoms. The Morgan fingerprint density at radius 1 is 1.33 bits per heavy atom. The molecular weight excluding hydrogens is 229 g/mol. The number of carbonyl (C=O) groups is 1. The van der Waals surface area contributed by atoms with Crippen molar-refractivity contribution in [3.8, 4) is 0 Å². The Balaban J connectivity index is 1.93. The molecule has 1 aromatic rings. The van der Waals surface area contributed by atoms with E-state index < -0.39 is 5.97 Å². The maximum Gasteiger partial charge on any atom is 0.335 e. The fourth-order valence-corrected chi connectivity index (χ4v) is 2.30. The molecule has 0 aromatic heterocycles. The molecular formula is C13H18BNO3. The average Bonchev–Trinajstić information content (AvgIpc) is 2.40. The summed E-state index contributed by atoms with van der Waals surface area (Å²) in [5.74, 6) is -0.876. The van der Waals surface area contributed by atoms with Crippen LogP contribution in [0.1, 0.15) is 28.8 Å². The molecule has 0 unspecified atom stereocenters. The molecule has 2 rings (SSSR count). The molecule has 1 saturated heterocycles. The number of benzene rings is 1. The summed E-state index contributed by atoms with van der Waals surface area (Å²) >= 11 is 0. The molecule has 1 aliphatic rings. The lowest BCUT2D eigenvalue weighted by Crippen LogP contribution is -2.37. The van der Waals surface area contributed by atoms with Crippen LogP contribution in [0.25, 0.3) is 0 Å². The number of aromatic carboxylic acids is 1. The third kappa shape index (κ3) is 3.34. The van der Waals surface area contributed by atoms with E-state index in [2.05, 4.69) is 12.8 Å². The number of rotatable bonds is 4. The molecule has 4 nitrogen and oxygen atoms in total. The van der Waals surface area contributed by atoms with E-state index in [0.717, 1.165) is 38.2 Å². The first-order chi connectivity index (χ1) is 8.66. The minimum absolute atomic E-state index is 0.340. The second-order valence-corrected chi connectivity index (χ2v) is 4.76. The quantitative estimate of drug-likeness (QED) is 0.803. The number of hydrogen-bond donors (Lipinski definition) is 1. The van der Waals surface area contributed by atoms with E-state index in [1.54, 1.807) is 12.1 Å². The standard InChI is InChI=1S/C13H18BNO3/c14-15(12-5-7-18-8-6-12)9-10-1-3-11(4-2-10)13(16)17/h1-4,12H,5-9,14H2,(H,16,17). The summed E-state index contributed by atoms with van der Waals surface area (Å²) in [6.07, 6.45) is 2.15. The van der Waals surface area contributed by atoms with Crippen molar-refractivity contribution in [2.45, 2.75) is 25.4 Å². The van der Waals surface area contributed by atoms with Gasteiger partial charge in [-0.25, -0.2) is 4.79 Å². The summed E-state index contributed by atoms with van der Waals surface area (Å²) in [6, 6.07) is 7.67. The van der Waals surface area contributed by atoms with Crippen molar-refractivity contribution in [2.24, 2.45) is 0 Å². The summed E-state index contributed by atoms with van der Waals surface area (Å²) in [5.41, 5.74) is 1.49. The summed E-state index contributed by atoms with van der Waals surface area (Å²) in [7, 11) is 2.11. The number of carboxylic acid groups (broad SMARTS) is 1. The van der Waals surface area contributed by atoms with Crippen molar-refractivity contribution in [1.29, 1.82) is 0 Å². The van der Waals surface area contributed by atoms with Crippen LogP contribution in [0.15, 0.2) is 24.3 Å². The molecule has 1 heterocycles. The van der Waals surface area contributed by atoms with Gasteiger partial charge in [0.05, 0.1) is 5.56 Å². The zero-order valence-corrected chi connectivity index (χ0v) is 10.6. The van der Waals surface area contributed by atoms with Gasteiger partial charge in [-0.05, 0) is 30.5 Å². The van der Waals surface area contributed by atoms with Crippen LogP contribution >= 0.6 is 0 Å². The van der Waals surface area contributed by atoms with Crippen LogP contribution in [0.5, 0.6) is 0 Å². The predicted molar refractivity (Wildman–Crippen MR) is 71.3 cm³/mol. The van der Waals surface area contributed by atoms with Crippen LogP contribution in [0, 0.1) is 0 Å². The Bertz CT molecular complexity index is 401.